The summed E-state index contributed by atoms with van der Waals surface area (Å²) < 4.78 is 135. The molecule has 10 saturated heterocycles. The Morgan fingerprint density at radius 1 is 0.346 bits per heavy atom. The van der Waals surface area contributed by atoms with Gasteiger partial charge in [0.1, 0.15) is 156 Å². The first-order chi connectivity index (χ1) is 61.1. The van der Waals surface area contributed by atoms with Crippen LogP contribution in [0.25, 0.3) is 0 Å². The third-order valence-corrected chi connectivity index (χ3v) is 27.6. The van der Waals surface area contributed by atoms with Crippen LogP contribution in [0.5, 0.6) is 0 Å². The van der Waals surface area contributed by atoms with Gasteiger partial charge in [-0.2, -0.15) is 0 Å². The number of nitrogens with two attached hydrogens (primary N) is 18. The van der Waals surface area contributed by atoms with Gasteiger partial charge in [0.05, 0.1) is 117 Å². The van der Waals surface area contributed by atoms with Crippen LogP contribution in [0.1, 0.15) is 71.6 Å². The second-order valence-electron chi connectivity index (χ2n) is 37.3. The molecule has 130 heavy (non-hydrogen) atoms. The molecular weight excluding hydrogens is 1760 g/mol. The van der Waals surface area contributed by atoms with Gasteiger partial charge < -0.3 is 270 Å². The van der Waals surface area contributed by atoms with Crippen molar-refractivity contribution >= 4 is 9.84 Å². The van der Waals surface area contributed by atoms with Gasteiger partial charge in [-0.1, -0.05) is 0 Å². The molecule has 52 atom stereocenters. The van der Waals surface area contributed by atoms with Crippen LogP contribution in [0, 0.1) is 0 Å². The van der Waals surface area contributed by atoms with Gasteiger partial charge in [0.25, 0.3) is 0 Å². The fourth-order valence-corrected chi connectivity index (χ4v) is 19.5. The highest BCUT2D eigenvalue weighted by Gasteiger charge is 2.60. The lowest BCUT2D eigenvalue weighted by Gasteiger charge is -2.49. The zero-order valence-corrected chi connectivity index (χ0v) is 73.6. The zero-order chi connectivity index (χ0) is 95.7. The van der Waals surface area contributed by atoms with Crippen molar-refractivity contribution < 1.29 is 175 Å². The van der Waals surface area contributed by atoms with Crippen molar-refractivity contribution in [3.05, 3.63) is 0 Å². The maximum Gasteiger partial charge on any atom is 0.187 e. The second kappa shape index (κ2) is 46.1. The van der Waals surface area contributed by atoms with Gasteiger partial charge >= 0.3 is 0 Å². The van der Waals surface area contributed by atoms with Crippen LogP contribution in [-0.2, 0) is 99.8 Å². The molecule has 51 N–H and O–H groups in total. The molecule has 13 rings (SSSR count). The minimum atomic E-state index is -3.39. The van der Waals surface area contributed by atoms with Gasteiger partial charge in [-0.15, -0.1) is 0 Å². The molecule has 3 saturated carbocycles. The van der Waals surface area contributed by atoms with Crippen molar-refractivity contribution in [1.29, 1.82) is 0 Å². The molecule has 0 bridgehead atoms. The van der Waals surface area contributed by atoms with Crippen LogP contribution in [0.4, 0.5) is 0 Å². The van der Waals surface area contributed by atoms with E-state index in [9.17, 15) is 85.0 Å². The fourth-order valence-electron chi connectivity index (χ4n) is 18.5. The summed E-state index contributed by atoms with van der Waals surface area (Å²) in [6, 6.07) is -10.8. The molecule has 0 spiro atoms. The molecule has 3 aliphatic carbocycles. The van der Waals surface area contributed by atoms with Crippen molar-refractivity contribution in [3.63, 3.8) is 0 Å². The normalized spacial score (nSPS) is 50.5. The van der Waals surface area contributed by atoms with Crippen LogP contribution < -0.4 is 103 Å². The summed E-state index contributed by atoms with van der Waals surface area (Å²) >= 11 is 0. The van der Waals surface area contributed by atoms with Crippen LogP contribution in [0.15, 0.2) is 0 Å². The molecule has 0 amide bonds. The molecule has 54 nitrogen and oxygen atoms in total. The van der Waals surface area contributed by atoms with E-state index in [4.69, 9.17) is 193 Å². The quantitative estimate of drug-likeness (QED) is 0.0331. The molecular formula is C75H148N18O36S. The van der Waals surface area contributed by atoms with Crippen molar-refractivity contribution in [2.24, 2.45) is 103 Å². The topological polar surface area (TPSA) is 981 Å². The van der Waals surface area contributed by atoms with Crippen molar-refractivity contribution in [1.82, 2.24) is 0 Å². The molecule has 0 aromatic rings. The van der Waals surface area contributed by atoms with E-state index in [1.165, 1.54) is 0 Å². The van der Waals surface area contributed by atoms with E-state index < -0.39 is 347 Å². The van der Waals surface area contributed by atoms with E-state index in [1.54, 1.807) is 0 Å². The lowest BCUT2D eigenvalue weighted by atomic mass is 9.84. The van der Waals surface area contributed by atoms with Gasteiger partial charge in [-0.25, -0.2) is 8.42 Å². The zero-order valence-electron chi connectivity index (χ0n) is 72.8. The van der Waals surface area contributed by atoms with Crippen molar-refractivity contribution in [3.8, 4) is 0 Å². The summed E-state index contributed by atoms with van der Waals surface area (Å²) in [5.41, 5.74) is 109. The number of rotatable bonds is 29. The maximum absolute atomic E-state index is 11.8. The first-order valence-corrected chi connectivity index (χ1v) is 46.2. The smallest absolute Gasteiger partial charge is 0.187 e. The van der Waals surface area contributed by atoms with E-state index >= 15 is 0 Å². The van der Waals surface area contributed by atoms with E-state index in [0.717, 1.165) is 6.26 Å². The highest BCUT2D eigenvalue weighted by atomic mass is 32.2. The van der Waals surface area contributed by atoms with Crippen LogP contribution >= 0.6 is 0 Å². The molecule has 760 valence electrons. The molecule has 55 heteroatoms. The van der Waals surface area contributed by atoms with Gasteiger partial charge in [0.2, 0.25) is 0 Å². The second-order valence-corrected chi connectivity index (χ2v) is 39.5. The summed E-state index contributed by atoms with van der Waals surface area (Å²) in [6.07, 6.45) is -41.9. The van der Waals surface area contributed by atoms with E-state index in [0.29, 0.717) is 51.7 Å². The fraction of sp³-hybridized carbons (Fsp3) is 1.00. The number of ether oxygens (including phenoxy) is 19. The number of aliphatic hydroxyl groups excluding tert-OH is 15. The first-order valence-electron chi connectivity index (χ1n) is 44.1. The minimum Gasteiger partial charge on any atom is -0.394 e. The third kappa shape index (κ3) is 24.7. The molecule has 13 aliphatic rings. The predicted octanol–water partition coefficient (Wildman–Crippen LogP) is -20.5. The summed E-state index contributed by atoms with van der Waals surface area (Å²) in [5.74, 6) is -0.308. The number of aliphatic hydroxyl groups is 15. The lowest BCUT2D eigenvalue weighted by Crippen LogP contribution is -2.69. The van der Waals surface area contributed by atoms with E-state index in [1.807, 2.05) is 13.8 Å². The van der Waals surface area contributed by atoms with E-state index in [-0.39, 0.29) is 56.9 Å². The highest BCUT2D eigenvalue weighted by Crippen LogP contribution is 2.41. The Morgan fingerprint density at radius 2 is 0.638 bits per heavy atom. The maximum atomic E-state index is 11.8. The number of sulfone groups is 1. The Labute approximate surface area is 750 Å². The lowest BCUT2D eigenvalue weighted by molar-refractivity contribution is -0.299. The van der Waals surface area contributed by atoms with Crippen LogP contribution in [0.3, 0.4) is 0 Å². The Bertz CT molecular complexity index is 3560. The molecule has 0 radical (unpaired) electrons. The van der Waals surface area contributed by atoms with Crippen molar-refractivity contribution in [2.75, 3.05) is 64.7 Å². The summed E-state index contributed by atoms with van der Waals surface area (Å²) in [4.78, 5) is 0. The summed E-state index contributed by atoms with van der Waals surface area (Å²) in [6.45, 7) is 2.10. The standard InChI is InChI=1S/C25H50N6O13S.C25H48N6O12.C25H50N6O11/c1-45(37,38)7-11(30)12-3-2-8(27)23(39-12)42-20-10(29)4-9(28)16(33)22(20)44-25-19(36)21(14(6-32)41-25)43-24-15(31)18(35)17(34)13(5-26)40-24;26-4-11-16(34)17(35)14(30)23(38-11)42-20-12(5-32)39-24(18(20)36)43-21-15(33)9(28)3-10(29)19(21)41-22-8(27)1-2-13(40-22)25(31)6-37-7-25;1-25(2,31)13-4-3-8(27)22(39-13)40-19-10(29)5-9(28)15(33)21(19)42-24-18(36)20(12(7-32)38-24)41-23-14(30)17(35)16(34)11(6-26)37-23/h8-25,32-36H,2-7,26-31H2,1H3;8-24,32-36H,1-7,26-31H2;8-24,32-36H,3-7,26-31H2,1-2H3/t8-,9-,10+,11+,12+,13+,14-,15-,16+,17-,18-,19-,20-,21-,22-,23-,24?,25+;2*8-,9-,10+,11+,12-,13+,14-,15+,16-,17-,18-,19-,20-,21-,22-,23?,24+/m111/s1. The van der Waals surface area contributed by atoms with Crippen LogP contribution in [-0.4, -0.2) is 479 Å². The SMILES string of the molecule is CC(C)(N)[C@@H]1CC[C@@H](N)[C@@H](O[C@H]2[C@H](O[C@@H]3O[C@H](CO)[C@@H](OC4O[C@@H](CN)[C@@H](O)[C@H](O)[C@H]4N)[C@H]3O)[C@@H](O)[C@H](N)C[C@@H]2N)O1.CS(=O)(=O)C[C@H](N)[C@@H]1CC[C@@H](N)[C@@H](O[C@H]2[C@H](O[C@@H]3O[C@H](CO)[C@@H](OC4O[C@@H](CN)[C@@H](O)[C@H](O)[C@H]4N)[C@H]3O)[C@@H](O)[C@H](N)C[C@@H]2N)O1.NC[C@@H]1OC(O[C@H]2[C@@H](O)[C@H](O[C@@H]3[C@@H](O)[C@H](N)C[C@H](N)[C@H]3O[C@H]3O[C@H](C4(N)COC4)CC[C@H]3N)O[C@@H]2CO)[C@H](N)[C@@H](O)[C@@H]1O. The van der Waals surface area contributed by atoms with Crippen LogP contribution in [0.2, 0.25) is 0 Å². The molecule has 10 aliphatic heterocycles. The monoisotopic (exact) mass is 1910 g/mol. The molecule has 0 aromatic carbocycles. The van der Waals surface area contributed by atoms with Gasteiger partial charge in [0, 0.05) is 73.7 Å². The number of hydrogen-bond donors (Lipinski definition) is 33. The van der Waals surface area contributed by atoms with Gasteiger partial charge in [0.15, 0.2) is 56.6 Å². The first kappa shape index (κ1) is 108. The third-order valence-electron chi connectivity index (χ3n) is 26.6. The average Bonchev–Trinajstić information content (AvgIpc) is 1.65. The predicted molar refractivity (Wildman–Crippen MR) is 443 cm³/mol. The Kier molecular flexibility index (Phi) is 38.4. The molecule has 3 unspecified atom stereocenters. The van der Waals surface area contributed by atoms with Gasteiger partial charge in [-0.05, 0) is 71.6 Å². The van der Waals surface area contributed by atoms with Gasteiger partial charge in [-0.3, -0.25) is 0 Å². The Hall–Kier alpha value is -2.13. The molecule has 13 fully saturated rings. The highest BCUT2D eigenvalue weighted by molar-refractivity contribution is 7.90. The Balaban J connectivity index is 0.000000189. The largest absolute Gasteiger partial charge is 0.394 e. The summed E-state index contributed by atoms with van der Waals surface area (Å²) in [7, 11) is -3.39. The number of hydrogen-bond acceptors (Lipinski definition) is 54. The summed E-state index contributed by atoms with van der Waals surface area (Å²) in [5, 5.41) is 158. The van der Waals surface area contributed by atoms with Crippen molar-refractivity contribution in [2.45, 2.75) is 401 Å². The molecule has 0 aromatic heterocycles. The molecule has 10 heterocycles. The Morgan fingerprint density at radius 3 is 0.938 bits per heavy atom. The average molecular weight is 1910 g/mol. The minimum absolute atomic E-state index is 0.122. The van der Waals surface area contributed by atoms with E-state index in [2.05, 4.69) is 0 Å².